The van der Waals surface area contributed by atoms with E-state index in [9.17, 15) is 4.79 Å². The number of aromatic nitrogens is 4. The van der Waals surface area contributed by atoms with Crippen LogP contribution in [0.15, 0.2) is 73.3 Å². The maximum atomic E-state index is 13.0. The molecule has 2 aromatic heterocycles. The van der Waals surface area contributed by atoms with E-state index in [1.54, 1.807) is 6.33 Å². The molecule has 2 aromatic carbocycles. The van der Waals surface area contributed by atoms with Crippen LogP contribution in [0.3, 0.4) is 0 Å². The molecule has 5 rings (SSSR count). The van der Waals surface area contributed by atoms with Crippen molar-refractivity contribution in [3.8, 4) is 0 Å². The Labute approximate surface area is 224 Å². The van der Waals surface area contributed by atoms with Gasteiger partial charge in [0.2, 0.25) is 0 Å². The Bertz CT molecular complexity index is 1360. The number of esters is 1. The summed E-state index contributed by atoms with van der Waals surface area (Å²) < 4.78 is 14.5. The number of carbonyl (C=O) groups excluding carboxylic acids is 1. The van der Waals surface area contributed by atoms with E-state index in [-0.39, 0.29) is 28.9 Å². The maximum Gasteiger partial charge on any atom is 0.309 e. The highest BCUT2D eigenvalue weighted by molar-refractivity contribution is 6.99. The molecule has 1 fully saturated rings. The summed E-state index contributed by atoms with van der Waals surface area (Å²) in [5, 5.41) is 2.29. The van der Waals surface area contributed by atoms with Gasteiger partial charge in [-0.05, 0) is 34.2 Å². The first-order valence-corrected chi connectivity index (χ1v) is 14.9. The van der Waals surface area contributed by atoms with Crippen molar-refractivity contribution in [3.05, 3.63) is 73.3 Å². The molecule has 1 aliphatic rings. The lowest BCUT2D eigenvalue weighted by Crippen LogP contribution is -2.67. The van der Waals surface area contributed by atoms with Crippen LogP contribution >= 0.6 is 0 Å². The van der Waals surface area contributed by atoms with Crippen molar-refractivity contribution in [3.63, 3.8) is 0 Å². The predicted molar refractivity (Wildman–Crippen MR) is 151 cm³/mol. The first-order valence-electron chi connectivity index (χ1n) is 13.0. The minimum Gasteiger partial charge on any atom is -0.469 e. The average Bonchev–Trinajstić information content (AvgIpc) is 3.54. The molecule has 2 heterocycles. The van der Waals surface area contributed by atoms with Crippen molar-refractivity contribution in [2.45, 2.75) is 44.7 Å². The molecule has 0 aliphatic heterocycles. The van der Waals surface area contributed by atoms with Crippen LogP contribution in [-0.4, -0.2) is 47.5 Å². The molecule has 0 saturated heterocycles. The van der Waals surface area contributed by atoms with Crippen LogP contribution in [0.1, 0.15) is 39.7 Å². The first-order chi connectivity index (χ1) is 18.3. The fourth-order valence-electron chi connectivity index (χ4n) is 6.08. The standard InChI is InChI=1S/C29H35N5O3Si/c1-29(2,3)38(22-11-7-5-8-12-22,23-13-9-6-10-14-23)37-17-20-15-21(16-24(20)28(35)36-4)34-19-33-25-26(30)31-18-32-27(25)34/h5-14,18-21,24H,15-17H2,1-4H3,(H2,30,31,32)/t20-,21+,24+/m0/s1. The highest BCUT2D eigenvalue weighted by Crippen LogP contribution is 2.43. The molecule has 38 heavy (non-hydrogen) atoms. The Morgan fingerprint density at radius 3 is 2.21 bits per heavy atom. The molecule has 9 heteroatoms. The van der Waals surface area contributed by atoms with Crippen LogP contribution < -0.4 is 16.1 Å². The van der Waals surface area contributed by atoms with Crippen molar-refractivity contribution in [2.75, 3.05) is 19.5 Å². The summed E-state index contributed by atoms with van der Waals surface area (Å²) in [6.45, 7) is 7.23. The lowest BCUT2D eigenvalue weighted by molar-refractivity contribution is -0.147. The largest absolute Gasteiger partial charge is 0.469 e. The summed E-state index contributed by atoms with van der Waals surface area (Å²) in [4.78, 5) is 25.9. The molecule has 8 nitrogen and oxygen atoms in total. The molecular weight excluding hydrogens is 494 g/mol. The van der Waals surface area contributed by atoms with Gasteiger partial charge in [-0.25, -0.2) is 15.0 Å². The number of imidazole rings is 1. The number of hydrogen-bond acceptors (Lipinski definition) is 7. The van der Waals surface area contributed by atoms with Gasteiger partial charge in [-0.2, -0.15) is 0 Å². The van der Waals surface area contributed by atoms with Gasteiger partial charge in [0, 0.05) is 12.6 Å². The van der Waals surface area contributed by atoms with Crippen LogP contribution in [0.4, 0.5) is 5.82 Å². The second-order valence-corrected chi connectivity index (χ2v) is 15.4. The maximum absolute atomic E-state index is 13.0. The van der Waals surface area contributed by atoms with Crippen LogP contribution in [0, 0.1) is 11.8 Å². The molecule has 0 spiro atoms. The topological polar surface area (TPSA) is 105 Å². The van der Waals surface area contributed by atoms with Gasteiger partial charge in [-0.1, -0.05) is 81.4 Å². The molecule has 1 aliphatic carbocycles. The van der Waals surface area contributed by atoms with Gasteiger partial charge < -0.3 is 19.5 Å². The van der Waals surface area contributed by atoms with Gasteiger partial charge >= 0.3 is 5.97 Å². The van der Waals surface area contributed by atoms with E-state index in [2.05, 4.69) is 84.3 Å². The van der Waals surface area contributed by atoms with Crippen molar-refractivity contribution in [1.82, 2.24) is 19.5 Å². The number of nitrogen functional groups attached to an aromatic ring is 1. The van der Waals surface area contributed by atoms with E-state index >= 15 is 0 Å². The molecular formula is C29H35N5O3Si. The number of ether oxygens (including phenoxy) is 1. The normalized spacial score (nSPS) is 20.1. The van der Waals surface area contributed by atoms with E-state index in [4.69, 9.17) is 14.9 Å². The number of benzene rings is 2. The van der Waals surface area contributed by atoms with E-state index < -0.39 is 8.32 Å². The number of hydrogen-bond donors (Lipinski definition) is 1. The van der Waals surface area contributed by atoms with Crippen molar-refractivity contribution in [1.29, 1.82) is 0 Å². The summed E-state index contributed by atoms with van der Waals surface area (Å²) in [5.41, 5.74) is 7.28. The van der Waals surface area contributed by atoms with Gasteiger partial charge in [-0.15, -0.1) is 0 Å². The lowest BCUT2D eigenvalue weighted by Gasteiger charge is -2.43. The van der Waals surface area contributed by atoms with Crippen molar-refractivity contribution < 1.29 is 14.0 Å². The zero-order valence-electron chi connectivity index (χ0n) is 22.4. The quantitative estimate of drug-likeness (QED) is 0.287. The third-order valence-corrected chi connectivity index (χ3v) is 12.9. The summed E-state index contributed by atoms with van der Waals surface area (Å²) >= 11 is 0. The smallest absolute Gasteiger partial charge is 0.309 e. The zero-order chi connectivity index (χ0) is 26.9. The number of nitrogens with two attached hydrogens (primary N) is 1. The van der Waals surface area contributed by atoms with E-state index in [0.717, 1.165) is 6.42 Å². The van der Waals surface area contributed by atoms with Crippen LogP contribution in [0.2, 0.25) is 5.04 Å². The Balaban J connectivity index is 1.51. The molecule has 3 atom stereocenters. The molecule has 0 amide bonds. The van der Waals surface area contributed by atoms with Gasteiger partial charge in [0.25, 0.3) is 8.32 Å². The minimum absolute atomic E-state index is 0.0196. The molecule has 2 N–H and O–H groups in total. The highest BCUT2D eigenvalue weighted by Gasteiger charge is 2.51. The summed E-state index contributed by atoms with van der Waals surface area (Å²) in [5.74, 6) is -0.171. The molecule has 0 bridgehead atoms. The van der Waals surface area contributed by atoms with Crippen molar-refractivity contribution in [2.24, 2.45) is 11.8 Å². The summed E-state index contributed by atoms with van der Waals surface area (Å²) in [7, 11) is -1.28. The second kappa shape index (κ2) is 10.3. The van der Waals surface area contributed by atoms with Gasteiger partial charge in [0.1, 0.15) is 11.8 Å². The number of carbonyl (C=O) groups is 1. The molecule has 0 unspecified atom stereocenters. The zero-order valence-corrected chi connectivity index (χ0v) is 23.4. The SMILES string of the molecule is COC(=O)[C@@H]1C[C@H](n2cnc3c(N)ncnc32)C[C@H]1CO[Si](c1ccccc1)(c1ccccc1)C(C)(C)C. The van der Waals surface area contributed by atoms with Gasteiger partial charge in [-0.3, -0.25) is 4.79 Å². The summed E-state index contributed by atoms with van der Waals surface area (Å²) in [6.07, 6.45) is 4.57. The third-order valence-electron chi connectivity index (χ3n) is 7.88. The number of anilines is 1. The summed E-state index contributed by atoms with van der Waals surface area (Å²) in [6, 6.07) is 21.1. The van der Waals surface area contributed by atoms with Crippen LogP contribution in [0.5, 0.6) is 0 Å². The van der Waals surface area contributed by atoms with E-state index in [1.165, 1.54) is 23.8 Å². The van der Waals surface area contributed by atoms with E-state index in [0.29, 0.717) is 30.0 Å². The Kier molecular flexibility index (Phi) is 7.07. The molecule has 198 valence electrons. The number of rotatable bonds is 7. The fraction of sp³-hybridized carbons (Fsp3) is 0.379. The van der Waals surface area contributed by atoms with Crippen molar-refractivity contribution >= 4 is 41.6 Å². The fourth-order valence-corrected chi connectivity index (χ4v) is 10.7. The van der Waals surface area contributed by atoms with Gasteiger partial charge in [0.05, 0.1) is 19.4 Å². The first kappa shape index (κ1) is 26.1. The highest BCUT2D eigenvalue weighted by atomic mass is 28.4. The van der Waals surface area contributed by atoms with Crippen LogP contribution in [-0.2, 0) is 14.0 Å². The molecule has 4 aromatic rings. The Hall–Kier alpha value is -3.56. The van der Waals surface area contributed by atoms with E-state index in [1.807, 2.05) is 16.7 Å². The Morgan fingerprint density at radius 1 is 1.00 bits per heavy atom. The predicted octanol–water partition coefficient (Wildman–Crippen LogP) is 3.73. The number of nitrogens with zero attached hydrogens (tertiary/aromatic N) is 4. The number of fused-ring (bicyclic) bond motifs is 1. The average molecular weight is 530 g/mol. The van der Waals surface area contributed by atoms with Crippen LogP contribution in [0.25, 0.3) is 11.2 Å². The lowest BCUT2D eigenvalue weighted by atomic mass is 9.97. The minimum atomic E-state index is -2.74. The second-order valence-electron chi connectivity index (χ2n) is 11.1. The van der Waals surface area contributed by atoms with Gasteiger partial charge in [0.15, 0.2) is 11.5 Å². The molecule has 0 radical (unpaired) electrons. The third kappa shape index (κ3) is 4.50. The monoisotopic (exact) mass is 529 g/mol. The Morgan fingerprint density at radius 2 is 1.63 bits per heavy atom. The molecule has 1 saturated carbocycles. The number of methoxy groups -OCH3 is 1.